The number of pyridine rings is 4. The molecule has 7 nitrogen and oxygen atoms in total. The molecule has 0 aliphatic rings. The van der Waals surface area contributed by atoms with Crippen molar-refractivity contribution in [2.24, 2.45) is 0 Å². The molecule has 0 saturated heterocycles. The molecule has 276 valence electrons. The lowest BCUT2D eigenvalue weighted by atomic mass is 9.78. The first-order valence-corrected chi connectivity index (χ1v) is 18.3. The van der Waals surface area contributed by atoms with Gasteiger partial charge in [0.1, 0.15) is 42.1 Å². The Morgan fingerprint density at radius 3 is 1.38 bits per heavy atom. The Kier molecular flexibility index (Phi) is 10.7. The number of halogens is 2. The van der Waals surface area contributed by atoms with Gasteiger partial charge >= 0.3 is 0 Å². The predicted octanol–water partition coefficient (Wildman–Crippen LogP) is 9.93. The number of nitrogens with zero attached hydrogens (tertiary/aromatic N) is 4. The van der Waals surface area contributed by atoms with Gasteiger partial charge in [-0.25, -0.2) is 18.7 Å². The number of aromatic nitrogens is 4. The number of carbonyl (C=O) groups is 1. The largest absolute Gasteiger partial charge is 0.487 e. The number of hydrogen-bond acceptors (Lipinski definition) is 7. The zero-order valence-electron chi connectivity index (χ0n) is 30.3. The molecule has 4 aromatic carbocycles. The van der Waals surface area contributed by atoms with E-state index < -0.39 is 23.5 Å². The summed E-state index contributed by atoms with van der Waals surface area (Å²) in [4.78, 5) is 32.4. The quantitative estimate of drug-likeness (QED) is 0.110. The first kappa shape index (κ1) is 36.1. The van der Waals surface area contributed by atoms with Crippen LogP contribution in [0.2, 0.25) is 0 Å². The van der Waals surface area contributed by atoms with Gasteiger partial charge in [0.15, 0.2) is 0 Å². The SMILES string of the molecule is O=C(C(Cc1ccncc1)c1ccc(OCc2ccc3ccccc3n2)cc1F)C(Cc1ccncc1)c1ccc(OCc2ccc3ccccc3n2)cc1F. The third kappa shape index (κ3) is 8.42. The summed E-state index contributed by atoms with van der Waals surface area (Å²) in [6.07, 6.45) is 6.87. The molecule has 0 radical (unpaired) electrons. The molecular formula is C47H36F2N4O3. The van der Waals surface area contributed by atoms with Gasteiger partial charge < -0.3 is 9.47 Å². The summed E-state index contributed by atoms with van der Waals surface area (Å²) < 4.78 is 44.5. The highest BCUT2D eigenvalue weighted by molar-refractivity contribution is 5.92. The normalized spacial score (nSPS) is 12.3. The maximum Gasteiger partial charge on any atom is 0.148 e. The van der Waals surface area contributed by atoms with Gasteiger partial charge in [-0.3, -0.25) is 14.8 Å². The van der Waals surface area contributed by atoms with Crippen molar-refractivity contribution in [1.29, 1.82) is 0 Å². The number of fused-ring (bicyclic) bond motifs is 2. The van der Waals surface area contributed by atoms with Crippen LogP contribution in [-0.4, -0.2) is 25.7 Å². The number of para-hydroxylation sites is 2. The zero-order valence-corrected chi connectivity index (χ0v) is 30.3. The molecule has 0 saturated carbocycles. The van der Waals surface area contributed by atoms with Crippen molar-refractivity contribution >= 4 is 27.6 Å². The fourth-order valence-electron chi connectivity index (χ4n) is 6.93. The second kappa shape index (κ2) is 16.7. The highest BCUT2D eigenvalue weighted by atomic mass is 19.1. The number of ether oxygens (including phenoxy) is 2. The van der Waals surface area contributed by atoms with Crippen LogP contribution in [0.1, 0.15) is 45.5 Å². The van der Waals surface area contributed by atoms with Crippen LogP contribution in [-0.2, 0) is 30.8 Å². The van der Waals surface area contributed by atoms with Gasteiger partial charge in [0.05, 0.1) is 34.3 Å². The molecule has 2 unspecified atom stereocenters. The molecule has 8 rings (SSSR count). The first-order chi connectivity index (χ1) is 27.5. The van der Waals surface area contributed by atoms with E-state index in [1.165, 1.54) is 12.1 Å². The van der Waals surface area contributed by atoms with Gasteiger partial charge in [0, 0.05) is 47.7 Å². The molecule has 4 heterocycles. The maximum absolute atomic E-state index is 16.3. The minimum absolute atomic E-state index is 0.134. The summed E-state index contributed by atoms with van der Waals surface area (Å²) in [5, 5.41) is 2.02. The number of Topliss-reactive ketones (excluding diaryl/α,β-unsaturated/α-hetero) is 1. The van der Waals surface area contributed by atoms with E-state index in [4.69, 9.17) is 9.47 Å². The minimum atomic E-state index is -0.963. The van der Waals surface area contributed by atoms with E-state index >= 15 is 8.78 Å². The van der Waals surface area contributed by atoms with Gasteiger partial charge in [-0.2, -0.15) is 0 Å². The fraction of sp³-hybridized carbons (Fsp3) is 0.128. The lowest BCUT2D eigenvalue weighted by Crippen LogP contribution is -2.26. The summed E-state index contributed by atoms with van der Waals surface area (Å²) in [6, 6.07) is 39.5. The van der Waals surface area contributed by atoms with E-state index in [0.29, 0.717) is 22.9 Å². The van der Waals surface area contributed by atoms with Crippen molar-refractivity contribution in [3.8, 4) is 11.5 Å². The molecule has 0 spiro atoms. The second-order valence-electron chi connectivity index (χ2n) is 13.6. The smallest absolute Gasteiger partial charge is 0.148 e. The van der Waals surface area contributed by atoms with E-state index in [9.17, 15) is 4.79 Å². The van der Waals surface area contributed by atoms with Gasteiger partial charge in [-0.1, -0.05) is 60.7 Å². The minimum Gasteiger partial charge on any atom is -0.487 e. The van der Waals surface area contributed by atoms with Crippen LogP contribution < -0.4 is 9.47 Å². The van der Waals surface area contributed by atoms with Crippen molar-refractivity contribution in [2.75, 3.05) is 0 Å². The van der Waals surface area contributed by atoms with Crippen LogP contribution in [0.15, 0.2) is 158 Å². The maximum atomic E-state index is 16.3. The summed E-state index contributed by atoms with van der Waals surface area (Å²) in [5.41, 5.74) is 5.02. The van der Waals surface area contributed by atoms with Crippen molar-refractivity contribution in [1.82, 2.24) is 19.9 Å². The lowest BCUT2D eigenvalue weighted by molar-refractivity contribution is -0.122. The van der Waals surface area contributed by atoms with Gasteiger partial charge in [0.25, 0.3) is 0 Å². The highest BCUT2D eigenvalue weighted by Crippen LogP contribution is 2.36. The molecule has 0 aliphatic carbocycles. The molecule has 56 heavy (non-hydrogen) atoms. The Morgan fingerprint density at radius 1 is 0.518 bits per heavy atom. The zero-order chi connectivity index (χ0) is 38.3. The number of benzene rings is 4. The van der Waals surface area contributed by atoms with E-state index in [0.717, 1.165) is 32.9 Å². The Bertz CT molecular complexity index is 2440. The Hall–Kier alpha value is -6.87. The van der Waals surface area contributed by atoms with Crippen LogP contribution in [0, 0.1) is 11.6 Å². The van der Waals surface area contributed by atoms with E-state index in [1.54, 1.807) is 73.3 Å². The van der Waals surface area contributed by atoms with Crippen molar-refractivity contribution < 1.29 is 23.0 Å². The lowest BCUT2D eigenvalue weighted by Gasteiger charge is -2.25. The molecule has 8 aromatic rings. The molecular weight excluding hydrogens is 707 g/mol. The first-order valence-electron chi connectivity index (χ1n) is 18.3. The van der Waals surface area contributed by atoms with Crippen LogP contribution in [0.25, 0.3) is 21.8 Å². The predicted molar refractivity (Wildman–Crippen MR) is 211 cm³/mol. The van der Waals surface area contributed by atoms with Crippen molar-refractivity contribution in [3.63, 3.8) is 0 Å². The molecule has 0 bridgehead atoms. The number of carbonyl (C=O) groups excluding carboxylic acids is 1. The molecule has 0 fully saturated rings. The average Bonchev–Trinajstić information content (AvgIpc) is 3.24. The van der Waals surface area contributed by atoms with Crippen LogP contribution >= 0.6 is 0 Å². The third-order valence-corrected chi connectivity index (χ3v) is 9.85. The molecule has 4 aromatic heterocycles. The molecule has 0 aliphatic heterocycles. The van der Waals surface area contributed by atoms with Crippen molar-refractivity contribution in [2.45, 2.75) is 37.9 Å². The number of hydrogen-bond donors (Lipinski definition) is 0. The van der Waals surface area contributed by atoms with Gasteiger partial charge in [-0.15, -0.1) is 0 Å². The topological polar surface area (TPSA) is 87.1 Å². The molecule has 2 atom stereocenters. The molecule has 0 amide bonds. The molecule has 0 N–H and O–H groups in total. The Balaban J connectivity index is 1.07. The van der Waals surface area contributed by atoms with Gasteiger partial charge in [-0.05, 0) is 95.8 Å². The average molecular weight is 743 g/mol. The Labute approximate surface area is 322 Å². The molecule has 9 heteroatoms. The van der Waals surface area contributed by atoms with E-state index in [2.05, 4.69) is 19.9 Å². The third-order valence-electron chi connectivity index (χ3n) is 9.85. The van der Waals surface area contributed by atoms with E-state index in [-0.39, 0.29) is 43.0 Å². The van der Waals surface area contributed by atoms with Crippen LogP contribution in [0.3, 0.4) is 0 Å². The summed E-state index contributed by atoms with van der Waals surface area (Å²) >= 11 is 0. The van der Waals surface area contributed by atoms with E-state index in [1.807, 2.05) is 72.8 Å². The van der Waals surface area contributed by atoms with Gasteiger partial charge in [0.2, 0.25) is 0 Å². The highest BCUT2D eigenvalue weighted by Gasteiger charge is 2.33. The summed E-state index contributed by atoms with van der Waals surface area (Å²) in [6.45, 7) is 0.267. The standard InChI is InChI=1S/C47H36F2N4O3/c48-43-27-37(55-29-35-11-9-33-5-1-3-7-45(33)52-35)13-15-39(43)41(25-31-17-21-50-22-18-31)47(54)42(26-32-19-23-51-24-20-32)40-16-14-38(28-44(40)49)56-30-36-12-10-34-6-2-4-8-46(34)53-36/h1-24,27-28,41-42H,25-26,29-30H2. The summed E-state index contributed by atoms with van der Waals surface area (Å²) in [5.74, 6) is -2.87. The van der Waals surface area contributed by atoms with Crippen LogP contribution in [0.5, 0.6) is 11.5 Å². The van der Waals surface area contributed by atoms with Crippen molar-refractivity contribution in [3.05, 3.63) is 204 Å². The monoisotopic (exact) mass is 742 g/mol. The summed E-state index contributed by atoms with van der Waals surface area (Å²) in [7, 11) is 0. The van der Waals surface area contributed by atoms with Crippen LogP contribution in [0.4, 0.5) is 8.78 Å². The number of rotatable bonds is 14. The fourth-order valence-corrected chi connectivity index (χ4v) is 6.93. The number of ketones is 1. The Morgan fingerprint density at radius 2 is 0.946 bits per heavy atom. The second-order valence-corrected chi connectivity index (χ2v) is 13.6.